The number of nitrogens with zero attached hydrogens (tertiary/aromatic N) is 3. The zero-order chi connectivity index (χ0) is 16.8. The maximum absolute atomic E-state index is 12.9. The van der Waals surface area contributed by atoms with E-state index in [0.717, 1.165) is 38.1 Å². The number of ether oxygens (including phenoxy) is 1. The molecule has 1 saturated heterocycles. The molecule has 5 nitrogen and oxygen atoms in total. The third-order valence-electron chi connectivity index (χ3n) is 4.33. The standard InChI is InChI=1S/C18H31N3O2/c1-5-20(13-16-9-7-8-10-23-16)18(22)17-12-15(11-14(3)4)19-21(17)6-2/h12,14,16H,5-11,13H2,1-4H3/t16-/m0/s1. The van der Waals surface area contributed by atoms with Gasteiger partial charge in [-0.15, -0.1) is 0 Å². The number of carbonyl (C=O) groups excluding carboxylic acids is 1. The molecule has 2 heterocycles. The number of amides is 1. The van der Waals surface area contributed by atoms with Gasteiger partial charge in [0.2, 0.25) is 0 Å². The summed E-state index contributed by atoms with van der Waals surface area (Å²) in [6, 6.07) is 1.97. The molecule has 1 fully saturated rings. The van der Waals surface area contributed by atoms with Gasteiger partial charge >= 0.3 is 0 Å². The van der Waals surface area contributed by atoms with Crippen molar-refractivity contribution in [2.24, 2.45) is 5.92 Å². The van der Waals surface area contributed by atoms with Gasteiger partial charge in [0.25, 0.3) is 5.91 Å². The molecule has 0 saturated carbocycles. The van der Waals surface area contributed by atoms with Crippen LogP contribution in [0.3, 0.4) is 0 Å². The molecule has 0 N–H and O–H groups in total. The van der Waals surface area contributed by atoms with Crippen LogP contribution in [0.1, 0.15) is 63.1 Å². The monoisotopic (exact) mass is 321 g/mol. The van der Waals surface area contributed by atoms with E-state index in [1.54, 1.807) is 0 Å². The van der Waals surface area contributed by atoms with Gasteiger partial charge in [0, 0.05) is 26.2 Å². The topological polar surface area (TPSA) is 47.4 Å². The molecule has 0 aromatic carbocycles. The zero-order valence-electron chi connectivity index (χ0n) is 15.0. The lowest BCUT2D eigenvalue weighted by Gasteiger charge is -2.29. The summed E-state index contributed by atoms with van der Waals surface area (Å²) in [5.74, 6) is 0.613. The van der Waals surface area contributed by atoms with Crippen LogP contribution in [0.15, 0.2) is 6.07 Å². The van der Waals surface area contributed by atoms with Crippen LogP contribution in [0.25, 0.3) is 0 Å². The molecule has 0 spiro atoms. The second kappa shape index (κ2) is 8.48. The third kappa shape index (κ3) is 4.80. The molecule has 0 bridgehead atoms. The Morgan fingerprint density at radius 1 is 1.43 bits per heavy atom. The summed E-state index contributed by atoms with van der Waals surface area (Å²) in [4.78, 5) is 14.8. The minimum atomic E-state index is 0.0750. The highest BCUT2D eigenvalue weighted by molar-refractivity contribution is 5.92. The van der Waals surface area contributed by atoms with Crippen molar-refractivity contribution in [3.8, 4) is 0 Å². The van der Waals surface area contributed by atoms with Gasteiger partial charge in [-0.25, -0.2) is 0 Å². The molecule has 1 aromatic rings. The first kappa shape index (κ1) is 18.0. The number of likely N-dealkylation sites (N-methyl/N-ethyl adjacent to an activating group) is 1. The first-order chi connectivity index (χ1) is 11.0. The van der Waals surface area contributed by atoms with E-state index in [-0.39, 0.29) is 12.0 Å². The fourth-order valence-corrected chi connectivity index (χ4v) is 3.12. The summed E-state index contributed by atoms with van der Waals surface area (Å²) in [6.45, 7) is 11.3. The number of hydrogen-bond acceptors (Lipinski definition) is 3. The molecule has 1 aliphatic heterocycles. The molecular weight excluding hydrogens is 290 g/mol. The van der Waals surface area contributed by atoms with Gasteiger partial charge in [-0.05, 0) is 51.5 Å². The van der Waals surface area contributed by atoms with Gasteiger partial charge in [-0.3, -0.25) is 9.48 Å². The van der Waals surface area contributed by atoms with Crippen molar-refractivity contribution >= 4 is 5.91 Å². The van der Waals surface area contributed by atoms with Crippen molar-refractivity contribution in [2.75, 3.05) is 19.7 Å². The Bertz CT molecular complexity index is 504. The molecular formula is C18H31N3O2. The minimum absolute atomic E-state index is 0.0750. The van der Waals surface area contributed by atoms with Crippen molar-refractivity contribution in [3.05, 3.63) is 17.5 Å². The van der Waals surface area contributed by atoms with Crippen LogP contribution in [-0.4, -0.2) is 46.4 Å². The van der Waals surface area contributed by atoms with E-state index >= 15 is 0 Å². The second-order valence-electron chi connectivity index (χ2n) is 6.77. The van der Waals surface area contributed by atoms with Crippen LogP contribution in [0.2, 0.25) is 0 Å². The van der Waals surface area contributed by atoms with Gasteiger partial charge < -0.3 is 9.64 Å². The van der Waals surface area contributed by atoms with E-state index in [2.05, 4.69) is 18.9 Å². The van der Waals surface area contributed by atoms with Crippen LogP contribution < -0.4 is 0 Å². The van der Waals surface area contributed by atoms with Gasteiger partial charge in [-0.2, -0.15) is 5.10 Å². The molecule has 1 atom stereocenters. The summed E-state index contributed by atoms with van der Waals surface area (Å²) < 4.78 is 7.63. The number of aromatic nitrogens is 2. The van der Waals surface area contributed by atoms with E-state index in [9.17, 15) is 4.79 Å². The predicted octanol–water partition coefficient (Wildman–Crippen LogP) is 3.13. The summed E-state index contributed by atoms with van der Waals surface area (Å²) in [5, 5.41) is 4.59. The lowest BCUT2D eigenvalue weighted by molar-refractivity contribution is -0.00334. The van der Waals surface area contributed by atoms with E-state index in [0.29, 0.717) is 24.7 Å². The normalized spacial score (nSPS) is 18.4. The maximum Gasteiger partial charge on any atom is 0.272 e. The summed E-state index contributed by atoms with van der Waals surface area (Å²) in [6.07, 6.45) is 4.47. The first-order valence-electron chi connectivity index (χ1n) is 9.02. The molecule has 5 heteroatoms. The molecule has 0 radical (unpaired) electrons. The minimum Gasteiger partial charge on any atom is -0.376 e. The lowest BCUT2D eigenvalue weighted by Crippen LogP contribution is -2.40. The van der Waals surface area contributed by atoms with Gasteiger partial charge in [0.1, 0.15) is 5.69 Å². The highest BCUT2D eigenvalue weighted by Gasteiger charge is 2.24. The van der Waals surface area contributed by atoms with E-state index < -0.39 is 0 Å². The molecule has 1 aromatic heterocycles. The Morgan fingerprint density at radius 3 is 2.78 bits per heavy atom. The third-order valence-corrected chi connectivity index (χ3v) is 4.33. The second-order valence-corrected chi connectivity index (χ2v) is 6.77. The van der Waals surface area contributed by atoms with Gasteiger partial charge in [0.15, 0.2) is 0 Å². The average molecular weight is 321 g/mol. The Kier molecular flexibility index (Phi) is 6.63. The van der Waals surface area contributed by atoms with Crippen LogP contribution in [0.4, 0.5) is 0 Å². The number of aryl methyl sites for hydroxylation is 1. The molecule has 1 aliphatic rings. The van der Waals surface area contributed by atoms with E-state index in [1.165, 1.54) is 6.42 Å². The highest BCUT2D eigenvalue weighted by atomic mass is 16.5. The Morgan fingerprint density at radius 2 is 2.22 bits per heavy atom. The Balaban J connectivity index is 2.10. The molecule has 130 valence electrons. The van der Waals surface area contributed by atoms with Crippen LogP contribution in [0, 0.1) is 5.92 Å². The zero-order valence-corrected chi connectivity index (χ0v) is 15.0. The van der Waals surface area contributed by atoms with E-state index in [4.69, 9.17) is 4.74 Å². The Labute approximate surface area is 140 Å². The quantitative estimate of drug-likeness (QED) is 0.775. The van der Waals surface area contributed by atoms with Crippen molar-refractivity contribution in [1.82, 2.24) is 14.7 Å². The van der Waals surface area contributed by atoms with Crippen molar-refractivity contribution in [2.45, 2.75) is 66.0 Å². The molecule has 0 unspecified atom stereocenters. The van der Waals surface area contributed by atoms with Crippen molar-refractivity contribution in [1.29, 1.82) is 0 Å². The lowest BCUT2D eigenvalue weighted by atomic mass is 10.1. The summed E-state index contributed by atoms with van der Waals surface area (Å²) >= 11 is 0. The number of rotatable bonds is 7. The summed E-state index contributed by atoms with van der Waals surface area (Å²) in [5.41, 5.74) is 1.72. The Hall–Kier alpha value is -1.36. The highest BCUT2D eigenvalue weighted by Crippen LogP contribution is 2.17. The van der Waals surface area contributed by atoms with E-state index in [1.807, 2.05) is 29.5 Å². The largest absolute Gasteiger partial charge is 0.376 e. The number of hydrogen-bond donors (Lipinski definition) is 0. The fourth-order valence-electron chi connectivity index (χ4n) is 3.12. The van der Waals surface area contributed by atoms with Gasteiger partial charge in [0.05, 0.1) is 11.8 Å². The molecule has 23 heavy (non-hydrogen) atoms. The van der Waals surface area contributed by atoms with Crippen LogP contribution in [-0.2, 0) is 17.7 Å². The number of carbonyl (C=O) groups is 1. The SMILES string of the molecule is CCN(C[C@@H]1CCCCO1)C(=O)c1cc(CC(C)C)nn1CC. The first-order valence-corrected chi connectivity index (χ1v) is 9.02. The van der Waals surface area contributed by atoms with Crippen molar-refractivity contribution < 1.29 is 9.53 Å². The van der Waals surface area contributed by atoms with Gasteiger partial charge in [-0.1, -0.05) is 13.8 Å². The average Bonchev–Trinajstić information content (AvgIpc) is 2.95. The maximum atomic E-state index is 12.9. The summed E-state index contributed by atoms with van der Waals surface area (Å²) in [7, 11) is 0. The molecule has 1 amide bonds. The van der Waals surface area contributed by atoms with Crippen LogP contribution in [0.5, 0.6) is 0 Å². The fraction of sp³-hybridized carbons (Fsp3) is 0.778. The van der Waals surface area contributed by atoms with Crippen molar-refractivity contribution in [3.63, 3.8) is 0 Å². The smallest absolute Gasteiger partial charge is 0.272 e. The molecule has 0 aliphatic carbocycles. The predicted molar refractivity (Wildman–Crippen MR) is 91.6 cm³/mol. The molecule has 2 rings (SSSR count). The van der Waals surface area contributed by atoms with Crippen LogP contribution >= 0.6 is 0 Å².